The highest BCUT2D eigenvalue weighted by atomic mass is 35.5. The molecule has 0 amide bonds. The average molecular weight is 1030 g/mol. The molecule has 4 aliphatic rings. The summed E-state index contributed by atoms with van der Waals surface area (Å²) in [4.78, 5) is 5.63. The second-order valence-electron chi connectivity index (χ2n) is 19.4. The molecule has 0 aromatic heterocycles. The molecular weight excluding hydrogens is 966 g/mol. The SMILES string of the molecule is C1COCCN1.Cc1cccc(CC2(c3cccc(Cl)c3)CN(C[C@@H](O)C(F)(F)F)c3ccccc32)c1.Cc1cccc(CC2(c3cccc(N4CCOCC4)c3)CN(C[C@@H](O)C(F)(F)F)c3ccccc32)c1. The number of halogens is 7. The monoisotopic (exact) mass is 1030 g/mol. The van der Waals surface area contributed by atoms with E-state index in [1.165, 1.54) is 0 Å². The average Bonchev–Trinajstić information content (AvgIpc) is 3.86. The number of fused-ring (bicyclic) bond motifs is 2. The van der Waals surface area contributed by atoms with Gasteiger partial charge in [-0.1, -0.05) is 132 Å². The van der Waals surface area contributed by atoms with Crippen LogP contribution in [0.4, 0.5) is 43.4 Å². The molecule has 0 aliphatic carbocycles. The number of morpholine rings is 2. The van der Waals surface area contributed by atoms with E-state index < -0.39 is 48.5 Å². The van der Waals surface area contributed by atoms with Gasteiger partial charge >= 0.3 is 12.4 Å². The van der Waals surface area contributed by atoms with E-state index in [9.17, 15) is 36.6 Å². The van der Waals surface area contributed by atoms with Crippen molar-refractivity contribution in [2.24, 2.45) is 0 Å². The fourth-order valence-electron chi connectivity index (χ4n) is 10.7. The van der Waals surface area contributed by atoms with E-state index in [0.717, 1.165) is 95.3 Å². The first-order valence-electron chi connectivity index (χ1n) is 24.7. The van der Waals surface area contributed by atoms with Crippen molar-refractivity contribution < 1.29 is 46.0 Å². The van der Waals surface area contributed by atoms with Crippen LogP contribution in [-0.2, 0) is 33.1 Å². The number of anilines is 3. The molecule has 8 nitrogen and oxygen atoms in total. The lowest BCUT2D eigenvalue weighted by atomic mass is 9.71. The molecule has 10 rings (SSSR count). The second kappa shape index (κ2) is 23.3. The Morgan fingerprint density at radius 1 is 0.562 bits per heavy atom. The van der Waals surface area contributed by atoms with Crippen LogP contribution in [0.15, 0.2) is 146 Å². The topological polar surface area (TPSA) is 80.7 Å². The summed E-state index contributed by atoms with van der Waals surface area (Å²) in [5.74, 6) is 0. The lowest BCUT2D eigenvalue weighted by Crippen LogP contribution is -2.44. The van der Waals surface area contributed by atoms with Crippen molar-refractivity contribution in [2.45, 2.75) is 62.1 Å². The molecule has 15 heteroatoms. The Balaban J connectivity index is 0.000000176. The zero-order valence-electron chi connectivity index (χ0n) is 41.1. The van der Waals surface area contributed by atoms with Gasteiger partial charge in [-0.25, -0.2) is 0 Å². The molecular formula is C58H63ClF6N4O4. The molecule has 3 N–H and O–H groups in total. The fourth-order valence-corrected chi connectivity index (χ4v) is 10.9. The van der Waals surface area contributed by atoms with Gasteiger partial charge in [0.15, 0.2) is 12.2 Å². The maximum absolute atomic E-state index is 13.4. The van der Waals surface area contributed by atoms with Crippen molar-refractivity contribution in [1.82, 2.24) is 5.32 Å². The van der Waals surface area contributed by atoms with Crippen LogP contribution in [0.3, 0.4) is 0 Å². The van der Waals surface area contributed by atoms with Gasteiger partial charge in [0, 0.05) is 72.2 Å². The van der Waals surface area contributed by atoms with E-state index in [2.05, 4.69) is 46.6 Å². The van der Waals surface area contributed by atoms with Gasteiger partial charge in [-0.3, -0.25) is 0 Å². The summed E-state index contributed by atoms with van der Waals surface area (Å²) < 4.78 is 90.0. The van der Waals surface area contributed by atoms with Crippen LogP contribution < -0.4 is 20.0 Å². The highest BCUT2D eigenvalue weighted by Crippen LogP contribution is 2.50. The second-order valence-corrected chi connectivity index (χ2v) is 19.9. The highest BCUT2D eigenvalue weighted by molar-refractivity contribution is 6.30. The standard InChI is InChI=1S/C29H31F3N2O2.C25H23ClF3NO.C4H9NO/c1-21-6-4-7-22(16-21)18-28(23-8-5-9-24(17-23)33-12-14-36-15-13-33)20-34(19-27(35)29(30,31)32)26-11-3-2-10-25(26)28;1-17-6-4-7-18(12-17)14-24(19-8-5-9-20(26)13-19)16-30(15-23(31)25(27,28)29)22-11-3-2-10-21(22)24;1-3-6-4-2-5-1/h2-11,16-17,27,35H,12-15,18-20H2,1H3;2-13,23,31H,14-16H2,1H3;5H,1-4H2/t27-,28?;23-,24?;/m11./s1. The van der Waals surface area contributed by atoms with Crippen LogP contribution in [-0.4, -0.2) is 114 Å². The molecule has 4 heterocycles. The van der Waals surface area contributed by atoms with Crippen LogP contribution in [0.2, 0.25) is 5.02 Å². The van der Waals surface area contributed by atoms with Crippen LogP contribution in [0, 0.1) is 13.8 Å². The number of para-hydroxylation sites is 2. The number of ether oxygens (including phenoxy) is 2. The summed E-state index contributed by atoms with van der Waals surface area (Å²) in [6.45, 7) is 10.5. The van der Waals surface area contributed by atoms with Crippen LogP contribution in [0.25, 0.3) is 0 Å². The number of rotatable bonds is 11. The molecule has 2 unspecified atom stereocenters. The largest absolute Gasteiger partial charge is 0.416 e. The Kier molecular flexibility index (Phi) is 17.1. The third-order valence-corrected chi connectivity index (χ3v) is 14.4. The maximum Gasteiger partial charge on any atom is 0.416 e. The van der Waals surface area contributed by atoms with Crippen LogP contribution in [0.1, 0.15) is 44.5 Å². The first-order chi connectivity index (χ1) is 34.9. The van der Waals surface area contributed by atoms with Gasteiger partial charge in [0.2, 0.25) is 0 Å². The Labute approximate surface area is 429 Å². The normalized spacial score (nSPS) is 20.5. The van der Waals surface area contributed by atoms with Gasteiger partial charge in [0.05, 0.1) is 39.5 Å². The van der Waals surface area contributed by atoms with Gasteiger partial charge in [0.1, 0.15) is 0 Å². The smallest absolute Gasteiger partial charge is 0.382 e. The fraction of sp³-hybridized carbons (Fsp3) is 0.379. The van der Waals surface area contributed by atoms with Crippen molar-refractivity contribution in [2.75, 3.05) is 93.5 Å². The number of hydrogen-bond acceptors (Lipinski definition) is 8. The van der Waals surface area contributed by atoms with E-state index >= 15 is 0 Å². The van der Waals surface area contributed by atoms with Crippen LogP contribution >= 0.6 is 11.6 Å². The molecule has 0 saturated carbocycles. The molecule has 388 valence electrons. The molecule has 73 heavy (non-hydrogen) atoms. The predicted octanol–water partition coefficient (Wildman–Crippen LogP) is 10.6. The van der Waals surface area contributed by atoms with Crippen molar-refractivity contribution in [3.05, 3.63) is 195 Å². The summed E-state index contributed by atoms with van der Waals surface area (Å²) in [6.07, 6.45) is -12.9. The molecule has 0 bridgehead atoms. The number of alkyl halides is 6. The molecule has 4 atom stereocenters. The molecule has 0 radical (unpaired) electrons. The molecule has 6 aromatic carbocycles. The third kappa shape index (κ3) is 12.8. The number of aliphatic hydroxyl groups is 2. The Morgan fingerprint density at radius 2 is 1.01 bits per heavy atom. The number of nitrogens with zero attached hydrogens (tertiary/aromatic N) is 3. The molecule has 2 fully saturated rings. The Morgan fingerprint density at radius 3 is 1.45 bits per heavy atom. The minimum Gasteiger partial charge on any atom is -0.382 e. The van der Waals surface area contributed by atoms with Crippen LogP contribution in [0.5, 0.6) is 0 Å². The zero-order valence-corrected chi connectivity index (χ0v) is 41.9. The van der Waals surface area contributed by atoms with E-state index in [1.54, 1.807) is 15.9 Å². The Hall–Kier alpha value is -5.61. The third-order valence-electron chi connectivity index (χ3n) is 14.2. The molecule has 4 aliphatic heterocycles. The van der Waals surface area contributed by atoms with E-state index in [-0.39, 0.29) is 0 Å². The van der Waals surface area contributed by atoms with Crippen molar-refractivity contribution in [1.29, 1.82) is 0 Å². The minimum absolute atomic E-state index is 0.313. The number of nitrogens with one attached hydrogen (secondary N) is 1. The predicted molar refractivity (Wildman–Crippen MR) is 277 cm³/mol. The number of hydrogen-bond donors (Lipinski definition) is 3. The molecule has 0 spiro atoms. The van der Waals surface area contributed by atoms with Gasteiger partial charge in [-0.15, -0.1) is 0 Å². The summed E-state index contributed by atoms with van der Waals surface area (Å²) >= 11 is 6.32. The van der Waals surface area contributed by atoms with Gasteiger partial charge in [-0.05, 0) is 96.5 Å². The number of β-amino-alcohol motifs (C(OH)–C–C–N with tert-alkyl or cyclic N) is 2. The van der Waals surface area contributed by atoms with Gasteiger partial charge in [-0.2, -0.15) is 26.3 Å². The lowest BCUT2D eigenvalue weighted by Gasteiger charge is -2.35. The summed E-state index contributed by atoms with van der Waals surface area (Å²) in [7, 11) is 0. The molecule has 2 saturated heterocycles. The van der Waals surface area contributed by atoms with Gasteiger partial charge < -0.3 is 39.7 Å². The highest BCUT2D eigenvalue weighted by Gasteiger charge is 2.49. The Bertz CT molecular complexity index is 2760. The van der Waals surface area contributed by atoms with Crippen molar-refractivity contribution >= 4 is 28.7 Å². The zero-order chi connectivity index (χ0) is 51.8. The number of aliphatic hydroxyl groups excluding tert-OH is 2. The van der Waals surface area contributed by atoms with E-state index in [1.807, 2.05) is 117 Å². The minimum atomic E-state index is -4.67. The van der Waals surface area contributed by atoms with E-state index in [0.29, 0.717) is 49.9 Å². The summed E-state index contributed by atoms with van der Waals surface area (Å²) in [6, 6.07) is 47.5. The molecule has 6 aromatic rings. The maximum atomic E-state index is 13.4. The van der Waals surface area contributed by atoms with Gasteiger partial charge in [0.25, 0.3) is 0 Å². The number of aryl methyl sites for hydroxylation is 2. The summed E-state index contributed by atoms with van der Waals surface area (Å²) in [5, 5.41) is 23.5. The quantitative estimate of drug-likeness (QED) is 0.111. The number of benzene rings is 6. The summed E-state index contributed by atoms with van der Waals surface area (Å²) in [5.41, 5.74) is 9.77. The van der Waals surface area contributed by atoms with Crippen molar-refractivity contribution in [3.63, 3.8) is 0 Å². The lowest BCUT2D eigenvalue weighted by molar-refractivity contribution is -0.200. The van der Waals surface area contributed by atoms with Crippen molar-refractivity contribution in [3.8, 4) is 0 Å². The first-order valence-corrected chi connectivity index (χ1v) is 25.1. The first kappa shape index (κ1) is 53.7. The van der Waals surface area contributed by atoms with E-state index in [4.69, 9.17) is 21.1 Å².